The first-order valence-electron chi connectivity index (χ1n) is 6.54. The summed E-state index contributed by atoms with van der Waals surface area (Å²) in [6, 6.07) is 12.5. The van der Waals surface area contributed by atoms with Gasteiger partial charge < -0.3 is 20.9 Å². The Morgan fingerprint density at radius 3 is 1.24 bits per heavy atom. The monoisotopic (exact) mass is 399 g/mol. The van der Waals surface area contributed by atoms with Crippen LogP contribution in [0.5, 0.6) is 0 Å². The SMILES string of the molecule is O.O=C(O)c1ccc(CN(O)Cc2ccc(C(=O)O)cc2)cc1.[KH].[KH]. The van der Waals surface area contributed by atoms with Crippen molar-refractivity contribution in [3.63, 3.8) is 0 Å². The Hall–Kier alpha value is 0.533. The van der Waals surface area contributed by atoms with E-state index in [1.165, 1.54) is 24.3 Å². The predicted molar refractivity (Wildman–Crippen MR) is 95.7 cm³/mol. The first kappa shape index (κ1) is 27.7. The van der Waals surface area contributed by atoms with Crippen LogP contribution in [0.3, 0.4) is 0 Å². The zero-order chi connectivity index (χ0) is 16.1. The Morgan fingerprint density at radius 1 is 0.720 bits per heavy atom. The third-order valence-electron chi connectivity index (χ3n) is 3.13. The quantitative estimate of drug-likeness (QED) is 0.475. The van der Waals surface area contributed by atoms with E-state index in [4.69, 9.17) is 10.2 Å². The Bertz CT molecular complexity index is 617. The number of rotatable bonds is 6. The van der Waals surface area contributed by atoms with Crippen molar-refractivity contribution >= 4 is 115 Å². The number of benzene rings is 2. The summed E-state index contributed by atoms with van der Waals surface area (Å²) in [7, 11) is 0. The van der Waals surface area contributed by atoms with E-state index in [1.807, 2.05) is 0 Å². The summed E-state index contributed by atoms with van der Waals surface area (Å²) < 4.78 is 0. The molecule has 126 valence electrons. The molecular formula is C16H19K2NO6. The fourth-order valence-corrected chi connectivity index (χ4v) is 1.98. The molecule has 25 heavy (non-hydrogen) atoms. The number of carboxylic acid groups (broad SMARTS) is 2. The number of carbonyl (C=O) groups is 2. The fraction of sp³-hybridized carbons (Fsp3) is 0.125. The molecule has 0 unspecified atom stereocenters. The van der Waals surface area contributed by atoms with Crippen molar-refractivity contribution in [1.29, 1.82) is 0 Å². The minimum atomic E-state index is -0.995. The summed E-state index contributed by atoms with van der Waals surface area (Å²) >= 11 is 0. The van der Waals surface area contributed by atoms with Crippen molar-refractivity contribution in [3.05, 3.63) is 70.8 Å². The van der Waals surface area contributed by atoms with Crippen molar-refractivity contribution in [2.75, 3.05) is 0 Å². The second-order valence-electron chi connectivity index (χ2n) is 4.83. The van der Waals surface area contributed by atoms with Gasteiger partial charge in [0.25, 0.3) is 0 Å². The van der Waals surface area contributed by atoms with Crippen LogP contribution in [0.2, 0.25) is 0 Å². The summed E-state index contributed by atoms with van der Waals surface area (Å²) in [5.74, 6) is -1.99. The van der Waals surface area contributed by atoms with Crippen molar-refractivity contribution in [2.45, 2.75) is 13.1 Å². The first-order valence-corrected chi connectivity index (χ1v) is 6.54. The summed E-state index contributed by atoms with van der Waals surface area (Å²) in [4.78, 5) is 21.5. The van der Waals surface area contributed by atoms with E-state index < -0.39 is 11.9 Å². The van der Waals surface area contributed by atoms with Gasteiger partial charge in [0.1, 0.15) is 0 Å². The van der Waals surface area contributed by atoms with Gasteiger partial charge in [0.15, 0.2) is 0 Å². The third-order valence-corrected chi connectivity index (χ3v) is 3.13. The second-order valence-corrected chi connectivity index (χ2v) is 4.83. The topological polar surface area (TPSA) is 130 Å². The molecular weight excluding hydrogens is 380 g/mol. The van der Waals surface area contributed by atoms with Gasteiger partial charge in [0.05, 0.1) is 11.1 Å². The zero-order valence-electron chi connectivity index (χ0n) is 12.1. The van der Waals surface area contributed by atoms with Gasteiger partial charge in [-0.2, -0.15) is 5.06 Å². The van der Waals surface area contributed by atoms with Gasteiger partial charge in [-0.3, -0.25) is 0 Å². The molecule has 0 aromatic heterocycles. The number of hydrogen-bond acceptors (Lipinski definition) is 4. The van der Waals surface area contributed by atoms with Gasteiger partial charge in [-0.25, -0.2) is 9.59 Å². The average molecular weight is 400 g/mol. The molecule has 0 aliphatic rings. The Balaban J connectivity index is 0. The van der Waals surface area contributed by atoms with Crippen LogP contribution >= 0.6 is 0 Å². The van der Waals surface area contributed by atoms with Gasteiger partial charge in [0, 0.05) is 13.1 Å². The molecule has 0 heterocycles. The van der Waals surface area contributed by atoms with Crippen molar-refractivity contribution in [3.8, 4) is 0 Å². The van der Waals surface area contributed by atoms with Crippen LogP contribution in [0.1, 0.15) is 31.8 Å². The van der Waals surface area contributed by atoms with E-state index in [0.29, 0.717) is 0 Å². The van der Waals surface area contributed by atoms with Crippen LogP contribution in [-0.4, -0.2) is 141 Å². The number of hydrogen-bond donors (Lipinski definition) is 3. The molecule has 0 bridgehead atoms. The van der Waals surface area contributed by atoms with Gasteiger partial charge in [-0.1, -0.05) is 24.3 Å². The Kier molecular flexibility index (Phi) is 15.2. The van der Waals surface area contributed by atoms with Gasteiger partial charge in [0.2, 0.25) is 0 Å². The number of aromatic carboxylic acids is 2. The van der Waals surface area contributed by atoms with Crippen LogP contribution < -0.4 is 0 Å². The van der Waals surface area contributed by atoms with Crippen LogP contribution in [0.25, 0.3) is 0 Å². The molecule has 0 saturated carbocycles. The van der Waals surface area contributed by atoms with Crippen molar-refractivity contribution < 1.29 is 30.5 Å². The van der Waals surface area contributed by atoms with Crippen LogP contribution in [0, 0.1) is 0 Å². The minimum absolute atomic E-state index is 0. The molecule has 0 fully saturated rings. The fourth-order valence-electron chi connectivity index (χ4n) is 1.98. The van der Waals surface area contributed by atoms with Gasteiger partial charge in [-0.15, -0.1) is 0 Å². The van der Waals surface area contributed by atoms with Crippen molar-refractivity contribution in [2.24, 2.45) is 0 Å². The molecule has 0 aliphatic heterocycles. The molecule has 2 rings (SSSR count). The molecule has 0 atom stereocenters. The normalized spacial score (nSPS) is 9.36. The maximum absolute atomic E-state index is 10.7. The summed E-state index contributed by atoms with van der Waals surface area (Å²) in [6.07, 6.45) is 0. The van der Waals surface area contributed by atoms with E-state index in [0.717, 1.165) is 16.2 Å². The molecule has 5 N–H and O–H groups in total. The maximum atomic E-state index is 10.7. The predicted octanol–water partition coefficient (Wildman–Crippen LogP) is 0.353. The van der Waals surface area contributed by atoms with E-state index in [-0.39, 0.29) is 132 Å². The van der Waals surface area contributed by atoms with E-state index >= 15 is 0 Å². The Labute approximate surface area is 230 Å². The number of nitrogens with zero attached hydrogens (tertiary/aromatic N) is 1. The van der Waals surface area contributed by atoms with Crippen LogP contribution in [0.15, 0.2) is 48.5 Å². The van der Waals surface area contributed by atoms with Crippen molar-refractivity contribution in [1.82, 2.24) is 5.06 Å². The van der Waals surface area contributed by atoms with Gasteiger partial charge >= 0.3 is 115 Å². The average Bonchev–Trinajstić information content (AvgIpc) is 2.48. The van der Waals surface area contributed by atoms with E-state index in [1.54, 1.807) is 24.3 Å². The first-order chi connectivity index (χ1) is 10.5. The molecule has 9 heteroatoms. The second kappa shape index (κ2) is 13.7. The third kappa shape index (κ3) is 9.33. The van der Waals surface area contributed by atoms with Crippen LogP contribution in [0.4, 0.5) is 0 Å². The molecule has 0 radical (unpaired) electrons. The molecule has 0 saturated heterocycles. The molecule has 2 aromatic carbocycles. The number of hydroxylamine groups is 2. The summed E-state index contributed by atoms with van der Waals surface area (Å²) in [5, 5.41) is 28.6. The standard InChI is InChI=1S/C16H15NO5.2K.H2O.2H/c18-15(19)13-5-1-11(2-6-13)9-17(22)10-12-3-7-14(8-4-12)16(20)21;;;;;/h1-8,22H,9-10H2,(H,18,19)(H,20,21);;;1H2;;. The summed E-state index contributed by atoms with van der Waals surface area (Å²) in [5.41, 5.74) is 1.93. The molecule has 7 nitrogen and oxygen atoms in total. The zero-order valence-corrected chi connectivity index (χ0v) is 12.1. The molecule has 0 spiro atoms. The van der Waals surface area contributed by atoms with E-state index in [9.17, 15) is 14.8 Å². The Morgan fingerprint density at radius 2 is 1.00 bits per heavy atom. The van der Waals surface area contributed by atoms with Crippen LogP contribution in [-0.2, 0) is 13.1 Å². The molecule has 0 amide bonds. The van der Waals surface area contributed by atoms with Gasteiger partial charge in [-0.05, 0) is 35.4 Å². The number of carboxylic acids is 2. The summed E-state index contributed by atoms with van der Waals surface area (Å²) in [6.45, 7) is 0.473. The molecule has 2 aromatic rings. The molecule has 0 aliphatic carbocycles. The van der Waals surface area contributed by atoms with E-state index in [2.05, 4.69) is 0 Å².